The van der Waals surface area contributed by atoms with E-state index in [0.29, 0.717) is 12.3 Å². The van der Waals surface area contributed by atoms with Gasteiger partial charge in [-0.05, 0) is 18.6 Å². The first-order valence-electron chi connectivity index (χ1n) is 5.44. The van der Waals surface area contributed by atoms with Crippen LogP contribution in [0.15, 0.2) is 16.5 Å². The van der Waals surface area contributed by atoms with Gasteiger partial charge >= 0.3 is 0 Å². The molecule has 4 heteroatoms. The van der Waals surface area contributed by atoms with Gasteiger partial charge in [0.2, 0.25) is 5.76 Å². The van der Waals surface area contributed by atoms with Crippen molar-refractivity contribution in [1.29, 1.82) is 5.26 Å². The maximum Gasteiger partial charge on any atom is 0.203 e. The predicted molar refractivity (Wildman–Crippen MR) is 60.6 cm³/mol. The molecule has 1 heterocycles. The highest BCUT2D eigenvalue weighted by atomic mass is 16.3. The second kappa shape index (κ2) is 5.69. The summed E-state index contributed by atoms with van der Waals surface area (Å²) in [5.41, 5.74) is -0.0926. The molecule has 4 nitrogen and oxygen atoms in total. The van der Waals surface area contributed by atoms with Gasteiger partial charge in [-0.25, -0.2) is 0 Å². The Kier molecular flexibility index (Phi) is 4.53. The van der Waals surface area contributed by atoms with Crippen LogP contribution in [0.1, 0.15) is 31.8 Å². The van der Waals surface area contributed by atoms with Crippen molar-refractivity contribution in [2.24, 2.45) is 5.41 Å². The summed E-state index contributed by atoms with van der Waals surface area (Å²) in [6.45, 7) is 5.55. The van der Waals surface area contributed by atoms with Crippen molar-refractivity contribution in [2.75, 3.05) is 13.2 Å². The van der Waals surface area contributed by atoms with E-state index >= 15 is 0 Å². The van der Waals surface area contributed by atoms with Crippen LogP contribution in [0.3, 0.4) is 0 Å². The SMILES string of the molecule is CCC(C)(CO)CNCc1ccc(C#N)o1. The number of hydrogen-bond acceptors (Lipinski definition) is 4. The monoisotopic (exact) mass is 222 g/mol. The molecule has 16 heavy (non-hydrogen) atoms. The Hall–Kier alpha value is -1.31. The summed E-state index contributed by atoms with van der Waals surface area (Å²) in [7, 11) is 0. The van der Waals surface area contributed by atoms with Crippen LogP contribution in [0.2, 0.25) is 0 Å². The van der Waals surface area contributed by atoms with Crippen molar-refractivity contribution in [1.82, 2.24) is 5.32 Å². The van der Waals surface area contributed by atoms with Gasteiger partial charge in [-0.3, -0.25) is 0 Å². The molecule has 0 aliphatic heterocycles. The van der Waals surface area contributed by atoms with E-state index < -0.39 is 0 Å². The molecule has 1 unspecified atom stereocenters. The van der Waals surface area contributed by atoms with Crippen molar-refractivity contribution in [3.8, 4) is 6.07 Å². The maximum absolute atomic E-state index is 9.22. The summed E-state index contributed by atoms with van der Waals surface area (Å²) in [6.07, 6.45) is 0.915. The average molecular weight is 222 g/mol. The van der Waals surface area contributed by atoms with E-state index in [-0.39, 0.29) is 12.0 Å². The Bertz CT molecular complexity index is 361. The largest absolute Gasteiger partial charge is 0.449 e. The lowest BCUT2D eigenvalue weighted by atomic mass is 9.89. The minimum Gasteiger partial charge on any atom is -0.449 e. The lowest BCUT2D eigenvalue weighted by molar-refractivity contribution is 0.134. The zero-order valence-corrected chi connectivity index (χ0v) is 9.79. The molecule has 1 rings (SSSR count). The molecule has 2 N–H and O–H groups in total. The molecule has 0 bridgehead atoms. The molecule has 1 atom stereocenters. The van der Waals surface area contributed by atoms with Crippen molar-refractivity contribution in [3.63, 3.8) is 0 Å². The van der Waals surface area contributed by atoms with E-state index in [0.717, 1.165) is 18.7 Å². The number of aliphatic hydroxyl groups is 1. The molecule has 0 saturated heterocycles. The van der Waals surface area contributed by atoms with Crippen LogP contribution in [-0.2, 0) is 6.54 Å². The van der Waals surface area contributed by atoms with Gasteiger partial charge < -0.3 is 14.8 Å². The number of aliphatic hydroxyl groups excluding tert-OH is 1. The molecule has 0 spiro atoms. The van der Waals surface area contributed by atoms with Gasteiger partial charge in [0.1, 0.15) is 11.8 Å². The standard InChI is InChI=1S/C12H18N2O2/c1-3-12(2,9-15)8-14-7-11-5-4-10(6-13)16-11/h4-5,14-15H,3,7-9H2,1-2H3. The first kappa shape index (κ1) is 12.8. The molecule has 0 aromatic carbocycles. The van der Waals surface area contributed by atoms with Crippen molar-refractivity contribution in [2.45, 2.75) is 26.8 Å². The van der Waals surface area contributed by atoms with E-state index in [9.17, 15) is 5.11 Å². The van der Waals surface area contributed by atoms with Gasteiger partial charge in [-0.15, -0.1) is 0 Å². The molecular weight excluding hydrogens is 204 g/mol. The van der Waals surface area contributed by atoms with E-state index in [2.05, 4.69) is 12.2 Å². The molecule has 0 aliphatic carbocycles. The minimum atomic E-state index is -0.0926. The highest BCUT2D eigenvalue weighted by Crippen LogP contribution is 2.18. The van der Waals surface area contributed by atoms with E-state index in [1.54, 1.807) is 12.1 Å². The Labute approximate surface area is 95.9 Å². The fraction of sp³-hybridized carbons (Fsp3) is 0.583. The first-order chi connectivity index (χ1) is 7.63. The zero-order valence-electron chi connectivity index (χ0n) is 9.79. The number of rotatable bonds is 6. The molecule has 0 radical (unpaired) electrons. The molecule has 0 saturated carbocycles. The highest BCUT2D eigenvalue weighted by Gasteiger charge is 2.20. The van der Waals surface area contributed by atoms with Gasteiger partial charge in [0, 0.05) is 18.6 Å². The summed E-state index contributed by atoms with van der Waals surface area (Å²) in [4.78, 5) is 0. The molecule has 0 fully saturated rings. The quantitative estimate of drug-likeness (QED) is 0.768. The first-order valence-corrected chi connectivity index (χ1v) is 5.44. The molecule has 88 valence electrons. The van der Waals surface area contributed by atoms with Crippen LogP contribution in [0.4, 0.5) is 0 Å². The van der Waals surface area contributed by atoms with Gasteiger partial charge in [0.15, 0.2) is 0 Å². The number of nitrogens with one attached hydrogen (secondary N) is 1. The van der Waals surface area contributed by atoms with Crippen LogP contribution in [0, 0.1) is 16.7 Å². The minimum absolute atomic E-state index is 0.0926. The fourth-order valence-electron chi connectivity index (χ4n) is 1.31. The topological polar surface area (TPSA) is 69.2 Å². The Morgan fingerprint density at radius 1 is 1.56 bits per heavy atom. The van der Waals surface area contributed by atoms with Crippen LogP contribution < -0.4 is 5.32 Å². The second-order valence-corrected chi connectivity index (χ2v) is 4.30. The molecule has 1 aromatic heterocycles. The van der Waals surface area contributed by atoms with Crippen LogP contribution >= 0.6 is 0 Å². The molecule has 0 amide bonds. The average Bonchev–Trinajstić information content (AvgIpc) is 2.77. The normalized spacial score (nSPS) is 14.4. The van der Waals surface area contributed by atoms with Crippen LogP contribution in [0.25, 0.3) is 0 Å². The van der Waals surface area contributed by atoms with Gasteiger partial charge in [0.05, 0.1) is 6.54 Å². The summed E-state index contributed by atoms with van der Waals surface area (Å²) in [5.74, 6) is 1.07. The van der Waals surface area contributed by atoms with Gasteiger partial charge in [-0.2, -0.15) is 5.26 Å². The Balaban J connectivity index is 2.38. The van der Waals surface area contributed by atoms with Crippen molar-refractivity contribution >= 4 is 0 Å². The summed E-state index contributed by atoms with van der Waals surface area (Å²) >= 11 is 0. The van der Waals surface area contributed by atoms with E-state index in [1.165, 1.54) is 0 Å². The summed E-state index contributed by atoms with van der Waals surface area (Å²) in [5, 5.41) is 21.0. The molecule has 0 aliphatic rings. The van der Waals surface area contributed by atoms with Crippen molar-refractivity contribution in [3.05, 3.63) is 23.7 Å². The summed E-state index contributed by atoms with van der Waals surface area (Å²) < 4.78 is 5.23. The van der Waals surface area contributed by atoms with Gasteiger partial charge in [0.25, 0.3) is 0 Å². The third kappa shape index (κ3) is 3.37. The fourth-order valence-corrected chi connectivity index (χ4v) is 1.31. The third-order valence-electron chi connectivity index (χ3n) is 2.86. The number of furan rings is 1. The lowest BCUT2D eigenvalue weighted by Crippen LogP contribution is -2.33. The number of hydrogen-bond donors (Lipinski definition) is 2. The van der Waals surface area contributed by atoms with Crippen molar-refractivity contribution < 1.29 is 9.52 Å². The van der Waals surface area contributed by atoms with Crippen LogP contribution in [0.5, 0.6) is 0 Å². The number of nitrogens with zero attached hydrogens (tertiary/aromatic N) is 1. The Morgan fingerprint density at radius 2 is 2.31 bits per heavy atom. The van der Waals surface area contributed by atoms with Crippen LogP contribution in [-0.4, -0.2) is 18.3 Å². The third-order valence-corrected chi connectivity index (χ3v) is 2.86. The molecular formula is C12H18N2O2. The van der Waals surface area contributed by atoms with Gasteiger partial charge in [-0.1, -0.05) is 13.8 Å². The highest BCUT2D eigenvalue weighted by molar-refractivity contribution is 5.18. The Morgan fingerprint density at radius 3 is 2.81 bits per heavy atom. The summed E-state index contributed by atoms with van der Waals surface area (Å²) in [6, 6.07) is 5.38. The van der Waals surface area contributed by atoms with E-state index in [1.807, 2.05) is 13.0 Å². The number of nitriles is 1. The maximum atomic E-state index is 9.22. The van der Waals surface area contributed by atoms with E-state index in [4.69, 9.17) is 9.68 Å². The second-order valence-electron chi connectivity index (χ2n) is 4.30. The lowest BCUT2D eigenvalue weighted by Gasteiger charge is -2.25. The predicted octanol–water partition coefficient (Wildman–Crippen LogP) is 1.65. The molecule has 1 aromatic rings. The zero-order chi connectivity index (χ0) is 12.0. The smallest absolute Gasteiger partial charge is 0.203 e.